The Bertz CT molecular complexity index is 547. The Labute approximate surface area is 105 Å². The van der Waals surface area contributed by atoms with Crippen molar-refractivity contribution in [2.24, 2.45) is 0 Å². The Morgan fingerprint density at radius 2 is 2.17 bits per heavy atom. The fourth-order valence-electron chi connectivity index (χ4n) is 1.89. The number of nitrogens with zero attached hydrogens (tertiary/aromatic N) is 3. The van der Waals surface area contributed by atoms with Crippen LogP contribution in [0.3, 0.4) is 0 Å². The number of carbonyl (C=O) groups is 1. The fraction of sp³-hybridized carbons (Fsp3) is 0.417. The molecule has 2 aromatic heterocycles. The molecule has 0 aromatic carbocycles. The molecule has 2 N–H and O–H groups in total. The lowest BCUT2D eigenvalue weighted by atomic mass is 10.2. The molecule has 6 heteroatoms. The molecular weight excluding hydrogens is 230 g/mol. The van der Waals surface area contributed by atoms with Gasteiger partial charge in [0.15, 0.2) is 0 Å². The summed E-state index contributed by atoms with van der Waals surface area (Å²) in [6.45, 7) is 7.65. The van der Waals surface area contributed by atoms with Gasteiger partial charge < -0.3 is 5.32 Å². The van der Waals surface area contributed by atoms with Gasteiger partial charge in [-0.2, -0.15) is 10.2 Å². The molecule has 0 aliphatic heterocycles. The molecule has 1 amide bonds. The van der Waals surface area contributed by atoms with Crippen molar-refractivity contribution in [3.05, 3.63) is 29.2 Å². The third kappa shape index (κ3) is 2.13. The van der Waals surface area contributed by atoms with Crippen LogP contribution in [0.5, 0.6) is 0 Å². The summed E-state index contributed by atoms with van der Waals surface area (Å²) in [6.07, 6.45) is 1.67. The maximum Gasteiger partial charge on any atom is 0.260 e. The third-order valence-electron chi connectivity index (χ3n) is 2.76. The van der Waals surface area contributed by atoms with E-state index in [0.29, 0.717) is 17.1 Å². The number of aryl methyl sites for hydroxylation is 2. The molecule has 96 valence electrons. The molecule has 0 bridgehead atoms. The number of hydrogen-bond acceptors (Lipinski definition) is 3. The lowest BCUT2D eigenvalue weighted by Gasteiger charge is -2.11. The quantitative estimate of drug-likeness (QED) is 0.871. The first-order chi connectivity index (χ1) is 8.50. The van der Waals surface area contributed by atoms with Crippen LogP contribution in [-0.4, -0.2) is 25.9 Å². The Hall–Kier alpha value is -2.11. The standard InChI is InChI=1S/C12H17N5O/c1-7(2)17-10(5-6-13-17)14-12(18)11-8(3)15-16-9(11)4/h5-7H,1-4H3,(H,14,18)(H,15,16). The van der Waals surface area contributed by atoms with Gasteiger partial charge >= 0.3 is 0 Å². The minimum atomic E-state index is -0.166. The first-order valence-electron chi connectivity index (χ1n) is 5.87. The van der Waals surface area contributed by atoms with E-state index in [1.165, 1.54) is 0 Å². The summed E-state index contributed by atoms with van der Waals surface area (Å²) in [7, 11) is 0. The SMILES string of the molecule is Cc1n[nH]c(C)c1C(=O)Nc1ccnn1C(C)C. The zero-order valence-corrected chi connectivity index (χ0v) is 11.0. The molecule has 0 aliphatic rings. The predicted molar refractivity (Wildman–Crippen MR) is 68.6 cm³/mol. The summed E-state index contributed by atoms with van der Waals surface area (Å²) < 4.78 is 1.77. The molecule has 0 atom stereocenters. The number of carbonyl (C=O) groups excluding carboxylic acids is 1. The second kappa shape index (κ2) is 4.64. The van der Waals surface area contributed by atoms with E-state index in [2.05, 4.69) is 20.6 Å². The van der Waals surface area contributed by atoms with Crippen LogP contribution in [0.1, 0.15) is 41.6 Å². The van der Waals surface area contributed by atoms with Crippen molar-refractivity contribution in [1.82, 2.24) is 20.0 Å². The monoisotopic (exact) mass is 247 g/mol. The molecule has 2 aromatic rings. The first-order valence-corrected chi connectivity index (χ1v) is 5.87. The smallest absolute Gasteiger partial charge is 0.260 e. The minimum Gasteiger partial charge on any atom is -0.307 e. The zero-order valence-electron chi connectivity index (χ0n) is 11.0. The van der Waals surface area contributed by atoms with Crippen LogP contribution in [0.25, 0.3) is 0 Å². The van der Waals surface area contributed by atoms with E-state index in [1.54, 1.807) is 23.9 Å². The van der Waals surface area contributed by atoms with E-state index >= 15 is 0 Å². The topological polar surface area (TPSA) is 75.6 Å². The number of anilines is 1. The molecule has 0 radical (unpaired) electrons. The molecular formula is C12H17N5O. The van der Waals surface area contributed by atoms with Gasteiger partial charge in [-0.15, -0.1) is 0 Å². The average Bonchev–Trinajstić information content (AvgIpc) is 2.86. The molecule has 0 spiro atoms. The summed E-state index contributed by atoms with van der Waals surface area (Å²) in [6, 6.07) is 1.98. The Morgan fingerprint density at radius 1 is 1.44 bits per heavy atom. The van der Waals surface area contributed by atoms with Crippen LogP contribution in [-0.2, 0) is 0 Å². The Kier molecular flexibility index (Phi) is 3.18. The van der Waals surface area contributed by atoms with Gasteiger partial charge in [0.1, 0.15) is 5.82 Å². The van der Waals surface area contributed by atoms with Crippen LogP contribution in [0.2, 0.25) is 0 Å². The number of hydrogen-bond donors (Lipinski definition) is 2. The lowest BCUT2D eigenvalue weighted by Crippen LogP contribution is -2.17. The van der Waals surface area contributed by atoms with E-state index in [-0.39, 0.29) is 11.9 Å². The van der Waals surface area contributed by atoms with Gasteiger partial charge in [0.25, 0.3) is 5.91 Å². The van der Waals surface area contributed by atoms with Crippen molar-refractivity contribution in [2.45, 2.75) is 33.7 Å². The van der Waals surface area contributed by atoms with Gasteiger partial charge in [-0.05, 0) is 27.7 Å². The number of rotatable bonds is 3. The molecule has 0 saturated carbocycles. The van der Waals surface area contributed by atoms with E-state index in [9.17, 15) is 4.79 Å². The van der Waals surface area contributed by atoms with Gasteiger partial charge in [-0.1, -0.05) is 0 Å². The zero-order chi connectivity index (χ0) is 13.3. The average molecular weight is 247 g/mol. The molecule has 0 fully saturated rings. The summed E-state index contributed by atoms with van der Waals surface area (Å²) >= 11 is 0. The molecule has 6 nitrogen and oxygen atoms in total. The normalized spacial score (nSPS) is 10.9. The summed E-state index contributed by atoms with van der Waals surface area (Å²) in [5.41, 5.74) is 2.05. The summed E-state index contributed by atoms with van der Waals surface area (Å²) in [5, 5.41) is 13.8. The number of amides is 1. The van der Waals surface area contributed by atoms with Gasteiger partial charge in [0, 0.05) is 17.8 Å². The minimum absolute atomic E-state index is 0.166. The van der Waals surface area contributed by atoms with E-state index < -0.39 is 0 Å². The van der Waals surface area contributed by atoms with Crippen LogP contribution in [0.15, 0.2) is 12.3 Å². The number of aromatic amines is 1. The molecule has 2 heterocycles. The highest BCUT2D eigenvalue weighted by atomic mass is 16.1. The summed E-state index contributed by atoms with van der Waals surface area (Å²) in [5.74, 6) is 0.524. The summed E-state index contributed by atoms with van der Waals surface area (Å²) in [4.78, 5) is 12.2. The second-order valence-corrected chi connectivity index (χ2v) is 4.52. The van der Waals surface area contributed by atoms with E-state index in [0.717, 1.165) is 5.69 Å². The van der Waals surface area contributed by atoms with Crippen LogP contribution >= 0.6 is 0 Å². The van der Waals surface area contributed by atoms with Gasteiger partial charge in [0.05, 0.1) is 17.5 Å². The van der Waals surface area contributed by atoms with Crippen molar-refractivity contribution in [3.8, 4) is 0 Å². The van der Waals surface area contributed by atoms with Crippen molar-refractivity contribution in [1.29, 1.82) is 0 Å². The first kappa shape index (κ1) is 12.3. The maximum atomic E-state index is 12.2. The number of H-pyrrole nitrogens is 1. The highest BCUT2D eigenvalue weighted by molar-refractivity contribution is 6.05. The number of nitrogens with one attached hydrogen (secondary N) is 2. The van der Waals surface area contributed by atoms with E-state index in [1.807, 2.05) is 20.8 Å². The molecule has 2 rings (SSSR count). The van der Waals surface area contributed by atoms with Crippen LogP contribution < -0.4 is 5.32 Å². The van der Waals surface area contributed by atoms with Crippen LogP contribution in [0.4, 0.5) is 5.82 Å². The molecule has 0 unspecified atom stereocenters. The van der Waals surface area contributed by atoms with Crippen molar-refractivity contribution in [2.75, 3.05) is 5.32 Å². The maximum absolute atomic E-state index is 12.2. The van der Waals surface area contributed by atoms with Crippen molar-refractivity contribution in [3.63, 3.8) is 0 Å². The fourth-order valence-corrected chi connectivity index (χ4v) is 1.89. The molecule has 0 aliphatic carbocycles. The number of aromatic nitrogens is 4. The highest BCUT2D eigenvalue weighted by Gasteiger charge is 2.17. The van der Waals surface area contributed by atoms with Gasteiger partial charge in [0.2, 0.25) is 0 Å². The second-order valence-electron chi connectivity index (χ2n) is 4.52. The van der Waals surface area contributed by atoms with Crippen molar-refractivity contribution >= 4 is 11.7 Å². The molecule has 0 saturated heterocycles. The molecule has 18 heavy (non-hydrogen) atoms. The van der Waals surface area contributed by atoms with Gasteiger partial charge in [-0.3, -0.25) is 9.89 Å². The Morgan fingerprint density at radius 3 is 2.72 bits per heavy atom. The highest BCUT2D eigenvalue weighted by Crippen LogP contribution is 2.16. The Balaban J connectivity index is 2.25. The largest absolute Gasteiger partial charge is 0.307 e. The van der Waals surface area contributed by atoms with Crippen LogP contribution in [0, 0.1) is 13.8 Å². The predicted octanol–water partition coefficient (Wildman–Crippen LogP) is 2.06. The van der Waals surface area contributed by atoms with Gasteiger partial charge in [-0.25, -0.2) is 4.68 Å². The third-order valence-corrected chi connectivity index (χ3v) is 2.76. The lowest BCUT2D eigenvalue weighted by molar-refractivity contribution is 0.102. The van der Waals surface area contributed by atoms with E-state index in [4.69, 9.17) is 0 Å². The van der Waals surface area contributed by atoms with Crippen molar-refractivity contribution < 1.29 is 4.79 Å².